The molecule has 3 aromatic rings. The molecular formula is C37H48F2N4O5S. The lowest BCUT2D eigenvalue weighted by atomic mass is 9.98. The molecule has 1 fully saturated rings. The number of pyridine rings is 1. The first-order valence-corrected chi connectivity index (χ1v) is 18.8. The fourth-order valence-corrected chi connectivity index (χ4v) is 8.37. The van der Waals surface area contributed by atoms with Crippen LogP contribution in [-0.2, 0) is 33.0 Å². The first-order chi connectivity index (χ1) is 23.4. The third kappa shape index (κ3) is 10.6. The molecular weight excluding hydrogens is 650 g/mol. The van der Waals surface area contributed by atoms with E-state index in [0.29, 0.717) is 25.7 Å². The van der Waals surface area contributed by atoms with Crippen molar-refractivity contribution in [1.82, 2.24) is 20.9 Å². The van der Waals surface area contributed by atoms with E-state index in [1.54, 1.807) is 6.07 Å². The number of hydrogen-bond acceptors (Lipinski definition) is 7. The highest BCUT2D eigenvalue weighted by molar-refractivity contribution is 7.92. The zero-order valence-electron chi connectivity index (χ0n) is 28.4. The second-order valence-corrected chi connectivity index (χ2v) is 15.3. The molecule has 0 unspecified atom stereocenters. The van der Waals surface area contributed by atoms with Crippen molar-refractivity contribution in [2.45, 2.75) is 101 Å². The van der Waals surface area contributed by atoms with Crippen molar-refractivity contribution in [3.63, 3.8) is 0 Å². The Labute approximate surface area is 288 Å². The average Bonchev–Trinajstić information content (AvgIpc) is 3.87. The number of aliphatic hydroxyl groups is 1. The molecule has 4 rings (SSSR count). The van der Waals surface area contributed by atoms with Crippen LogP contribution in [0, 0.1) is 11.6 Å². The summed E-state index contributed by atoms with van der Waals surface area (Å²) in [5, 5.41) is 19.6. The number of sulfone groups is 1. The van der Waals surface area contributed by atoms with Crippen LogP contribution < -0.4 is 16.0 Å². The molecule has 1 aliphatic rings. The molecule has 0 radical (unpaired) electrons. The smallest absolute Gasteiger partial charge is 0.253 e. The molecule has 0 aliphatic heterocycles. The molecule has 1 heterocycles. The van der Waals surface area contributed by atoms with Crippen molar-refractivity contribution in [1.29, 1.82) is 0 Å². The summed E-state index contributed by atoms with van der Waals surface area (Å²) in [7, 11) is -3.87. The highest BCUT2D eigenvalue weighted by atomic mass is 32.2. The van der Waals surface area contributed by atoms with Crippen LogP contribution in [0.1, 0.15) is 86.3 Å². The van der Waals surface area contributed by atoms with Gasteiger partial charge in [0.05, 0.1) is 28.7 Å². The predicted molar refractivity (Wildman–Crippen MR) is 186 cm³/mol. The van der Waals surface area contributed by atoms with Gasteiger partial charge in [0.15, 0.2) is 9.84 Å². The summed E-state index contributed by atoms with van der Waals surface area (Å²) in [5.74, 6) is -3.83. The van der Waals surface area contributed by atoms with Crippen LogP contribution in [0.5, 0.6) is 0 Å². The van der Waals surface area contributed by atoms with Crippen molar-refractivity contribution in [2.24, 2.45) is 0 Å². The van der Waals surface area contributed by atoms with E-state index in [2.05, 4.69) is 40.0 Å². The second kappa shape index (κ2) is 17.3. The Balaban J connectivity index is 1.60. The number of benzene rings is 2. The molecule has 49 heavy (non-hydrogen) atoms. The maximum Gasteiger partial charge on any atom is 0.253 e. The van der Waals surface area contributed by atoms with E-state index in [1.165, 1.54) is 24.0 Å². The lowest BCUT2D eigenvalue weighted by Crippen LogP contribution is -2.57. The predicted octanol–water partition coefficient (Wildman–Crippen LogP) is 4.77. The summed E-state index contributed by atoms with van der Waals surface area (Å²) < 4.78 is 55.7. The number of rotatable bonds is 19. The Kier molecular flexibility index (Phi) is 13.4. The Hall–Kier alpha value is -3.74. The van der Waals surface area contributed by atoms with Gasteiger partial charge < -0.3 is 21.1 Å². The van der Waals surface area contributed by atoms with Gasteiger partial charge in [-0.05, 0) is 79.5 Å². The van der Waals surface area contributed by atoms with Crippen molar-refractivity contribution < 1.29 is 31.9 Å². The minimum atomic E-state index is -3.87. The molecule has 0 saturated heterocycles. The summed E-state index contributed by atoms with van der Waals surface area (Å²) in [6.07, 6.45) is 5.99. The first-order valence-electron chi connectivity index (χ1n) is 17.1. The SMILES string of the molecule is CCCC(CCC)S(=O)(=O)C[C@@H](NC(=O)c1cccnc1)C(=O)N[C@@H](Cc1cc(F)cc(F)c1)[C@H](O)CNC1(c2cccc(CC)c2)CC1. The number of halogens is 2. The monoisotopic (exact) mass is 698 g/mol. The van der Waals surface area contributed by atoms with Crippen LogP contribution in [0.15, 0.2) is 67.0 Å². The van der Waals surface area contributed by atoms with Gasteiger partial charge in [0.1, 0.15) is 17.7 Å². The van der Waals surface area contributed by atoms with Gasteiger partial charge in [-0.3, -0.25) is 14.6 Å². The molecule has 1 saturated carbocycles. The van der Waals surface area contributed by atoms with Gasteiger partial charge in [-0.25, -0.2) is 17.2 Å². The molecule has 0 spiro atoms. The maximum absolute atomic E-state index is 14.2. The molecule has 266 valence electrons. The molecule has 9 nitrogen and oxygen atoms in total. The zero-order valence-corrected chi connectivity index (χ0v) is 29.2. The van der Waals surface area contributed by atoms with Crippen LogP contribution in [0.4, 0.5) is 8.78 Å². The number of aryl methyl sites for hydroxylation is 1. The van der Waals surface area contributed by atoms with E-state index in [0.717, 1.165) is 43.0 Å². The Morgan fingerprint density at radius 1 is 0.939 bits per heavy atom. The Morgan fingerprint density at radius 2 is 1.63 bits per heavy atom. The highest BCUT2D eigenvalue weighted by Gasteiger charge is 2.44. The minimum Gasteiger partial charge on any atom is -0.390 e. The van der Waals surface area contributed by atoms with Crippen molar-refractivity contribution in [3.05, 3.63) is 101 Å². The van der Waals surface area contributed by atoms with Gasteiger partial charge >= 0.3 is 0 Å². The molecule has 0 bridgehead atoms. The number of hydrogen-bond donors (Lipinski definition) is 4. The van der Waals surface area contributed by atoms with Gasteiger partial charge in [-0.2, -0.15) is 0 Å². The second-order valence-electron chi connectivity index (χ2n) is 13.0. The van der Waals surface area contributed by atoms with E-state index >= 15 is 0 Å². The first kappa shape index (κ1) is 38.1. The molecule has 3 atom stereocenters. The lowest BCUT2D eigenvalue weighted by molar-refractivity contribution is -0.124. The normalized spacial score (nSPS) is 15.7. The van der Waals surface area contributed by atoms with Gasteiger partial charge in [-0.15, -0.1) is 0 Å². The molecule has 1 aromatic heterocycles. The number of aliphatic hydroxyl groups excluding tert-OH is 1. The summed E-state index contributed by atoms with van der Waals surface area (Å²) >= 11 is 0. The van der Waals surface area contributed by atoms with E-state index in [-0.39, 0.29) is 29.6 Å². The third-order valence-corrected chi connectivity index (χ3v) is 11.4. The summed E-state index contributed by atoms with van der Waals surface area (Å²) in [6.45, 7) is 5.87. The van der Waals surface area contributed by atoms with E-state index < -0.39 is 62.5 Å². The van der Waals surface area contributed by atoms with Crippen molar-refractivity contribution in [3.8, 4) is 0 Å². The minimum absolute atomic E-state index is 0.0270. The summed E-state index contributed by atoms with van der Waals surface area (Å²) in [4.78, 5) is 31.1. The van der Waals surface area contributed by atoms with Gasteiger partial charge in [0.2, 0.25) is 5.91 Å². The number of nitrogens with zero attached hydrogens (tertiary/aromatic N) is 1. The number of aromatic nitrogens is 1. The fourth-order valence-electron chi connectivity index (χ4n) is 6.21. The highest BCUT2D eigenvalue weighted by Crippen LogP contribution is 2.45. The molecule has 12 heteroatoms. The van der Waals surface area contributed by atoms with Crippen LogP contribution in [-0.4, -0.2) is 66.1 Å². The largest absolute Gasteiger partial charge is 0.390 e. The third-order valence-electron chi connectivity index (χ3n) is 9.13. The number of carbonyl (C=O) groups excluding carboxylic acids is 2. The van der Waals surface area contributed by atoms with E-state index in [9.17, 15) is 31.9 Å². The van der Waals surface area contributed by atoms with Gasteiger partial charge in [0.25, 0.3) is 5.91 Å². The van der Waals surface area contributed by atoms with Crippen LogP contribution in [0.2, 0.25) is 0 Å². The maximum atomic E-state index is 14.2. The number of nitrogens with one attached hydrogen (secondary N) is 3. The lowest BCUT2D eigenvalue weighted by Gasteiger charge is -2.29. The quantitative estimate of drug-likeness (QED) is 0.142. The number of carbonyl (C=O) groups is 2. The summed E-state index contributed by atoms with van der Waals surface area (Å²) in [5.41, 5.74) is 2.23. The van der Waals surface area contributed by atoms with Crippen LogP contribution in [0.3, 0.4) is 0 Å². The van der Waals surface area contributed by atoms with Crippen LogP contribution in [0.25, 0.3) is 0 Å². The number of amides is 2. The topological polar surface area (TPSA) is 137 Å². The van der Waals surface area contributed by atoms with E-state index in [1.807, 2.05) is 26.0 Å². The van der Waals surface area contributed by atoms with Crippen LogP contribution >= 0.6 is 0 Å². The molecule has 2 amide bonds. The Bertz CT molecular complexity index is 1640. The van der Waals surface area contributed by atoms with Gasteiger partial charge in [0, 0.05) is 30.5 Å². The molecule has 2 aromatic carbocycles. The van der Waals surface area contributed by atoms with Crippen molar-refractivity contribution >= 4 is 21.7 Å². The Morgan fingerprint density at radius 3 is 2.22 bits per heavy atom. The van der Waals surface area contributed by atoms with E-state index in [4.69, 9.17) is 0 Å². The standard InChI is InChI=1S/C37H48F2N4O5S/c1-4-9-31(10-5-2)49(47,48)24-33(43-35(45)27-12-8-16-40-22-27)36(46)42-32(20-26-18-29(38)21-30(39)19-26)34(44)23-41-37(14-15-37)28-13-7-11-25(6-3)17-28/h7-8,11-13,16-19,21-22,31-34,41,44H,4-6,9-10,14-15,20,23-24H2,1-3H3,(H,42,46)(H,43,45)/t32-,33+,34+/m0/s1. The van der Waals surface area contributed by atoms with Gasteiger partial charge in [-0.1, -0.05) is 57.9 Å². The van der Waals surface area contributed by atoms with Crippen molar-refractivity contribution in [2.75, 3.05) is 12.3 Å². The molecule has 4 N–H and O–H groups in total. The average molecular weight is 699 g/mol. The molecule has 1 aliphatic carbocycles. The summed E-state index contributed by atoms with van der Waals surface area (Å²) in [6, 6.07) is 11.6. The fraction of sp³-hybridized carbons (Fsp3) is 0.486. The zero-order chi connectivity index (χ0) is 35.6.